The molecule has 0 bridgehead atoms. The molecule has 0 saturated carbocycles. The van der Waals surface area contributed by atoms with Crippen molar-refractivity contribution in [1.29, 1.82) is 0 Å². The first-order valence-electron chi connectivity index (χ1n) is 7.47. The number of carbonyl (C=O) groups is 1. The van der Waals surface area contributed by atoms with E-state index >= 15 is 0 Å². The maximum Gasteiger partial charge on any atom is 0.277 e. The second kappa shape index (κ2) is 9.17. The third kappa shape index (κ3) is 5.13. The number of nitrogens with zero attached hydrogens (tertiary/aromatic N) is 1. The van der Waals surface area contributed by atoms with Crippen molar-refractivity contribution < 1.29 is 23.7 Å². The molecule has 0 radical (unpaired) electrons. The molecular formula is C18H20N2O5. The molecule has 0 saturated heterocycles. The standard InChI is InChI=1S/C18H20N2O5/c1-22-14-8-9-15(23-2)13(10-14)11-19-20-18(21)12-25-17-7-5-4-6-16(17)24-3/h4-11H,12H2,1-3H3,(H,20,21)/b19-11-. The molecule has 0 aliphatic carbocycles. The Bertz CT molecular complexity index is 746. The molecule has 7 heteroatoms. The number of hydrazone groups is 1. The predicted octanol–water partition coefficient (Wildman–Crippen LogP) is 2.24. The summed E-state index contributed by atoms with van der Waals surface area (Å²) in [7, 11) is 4.66. The molecule has 0 heterocycles. The highest BCUT2D eigenvalue weighted by atomic mass is 16.5. The molecule has 2 rings (SSSR count). The average Bonchev–Trinajstić information content (AvgIpc) is 2.66. The molecule has 0 aromatic heterocycles. The Morgan fingerprint density at radius 3 is 2.40 bits per heavy atom. The van der Waals surface area contributed by atoms with Crippen molar-refractivity contribution in [3.63, 3.8) is 0 Å². The quantitative estimate of drug-likeness (QED) is 0.587. The summed E-state index contributed by atoms with van der Waals surface area (Å²) in [5, 5.41) is 3.91. The van der Waals surface area contributed by atoms with Crippen LogP contribution in [0.4, 0.5) is 0 Å². The van der Waals surface area contributed by atoms with E-state index in [4.69, 9.17) is 18.9 Å². The summed E-state index contributed by atoms with van der Waals surface area (Å²) in [5.74, 6) is 1.92. The van der Waals surface area contributed by atoms with Crippen molar-refractivity contribution in [2.45, 2.75) is 0 Å². The Hall–Kier alpha value is -3.22. The summed E-state index contributed by atoms with van der Waals surface area (Å²) < 4.78 is 21.0. The fraction of sp³-hybridized carbons (Fsp3) is 0.222. The first-order chi connectivity index (χ1) is 12.2. The molecule has 25 heavy (non-hydrogen) atoms. The third-order valence-corrected chi connectivity index (χ3v) is 3.26. The minimum atomic E-state index is -0.399. The Kier molecular flexibility index (Phi) is 6.65. The fourth-order valence-electron chi connectivity index (χ4n) is 2.03. The number of rotatable bonds is 8. The van der Waals surface area contributed by atoms with E-state index in [1.54, 1.807) is 50.6 Å². The van der Waals surface area contributed by atoms with Gasteiger partial charge in [-0.2, -0.15) is 5.10 Å². The van der Waals surface area contributed by atoms with Gasteiger partial charge in [0.1, 0.15) is 11.5 Å². The van der Waals surface area contributed by atoms with Crippen LogP contribution >= 0.6 is 0 Å². The minimum Gasteiger partial charge on any atom is -0.497 e. The maximum absolute atomic E-state index is 11.8. The first kappa shape index (κ1) is 18.1. The average molecular weight is 344 g/mol. The number of ether oxygens (including phenoxy) is 4. The zero-order valence-electron chi connectivity index (χ0n) is 14.3. The van der Waals surface area contributed by atoms with Crippen LogP contribution in [0.25, 0.3) is 0 Å². The van der Waals surface area contributed by atoms with E-state index in [2.05, 4.69) is 10.5 Å². The molecule has 1 N–H and O–H groups in total. The van der Waals surface area contributed by atoms with Gasteiger partial charge in [-0.3, -0.25) is 4.79 Å². The number of amides is 1. The molecule has 1 amide bonds. The zero-order valence-corrected chi connectivity index (χ0v) is 14.3. The zero-order chi connectivity index (χ0) is 18.1. The van der Waals surface area contributed by atoms with Gasteiger partial charge in [-0.15, -0.1) is 0 Å². The number of carbonyl (C=O) groups excluding carboxylic acids is 1. The second-order valence-electron chi connectivity index (χ2n) is 4.84. The Morgan fingerprint density at radius 2 is 1.72 bits per heavy atom. The van der Waals surface area contributed by atoms with Gasteiger partial charge in [0.2, 0.25) is 0 Å². The van der Waals surface area contributed by atoms with E-state index in [1.165, 1.54) is 13.3 Å². The van der Waals surface area contributed by atoms with Crippen LogP contribution < -0.4 is 24.4 Å². The van der Waals surface area contributed by atoms with Crippen molar-refractivity contribution in [3.8, 4) is 23.0 Å². The smallest absolute Gasteiger partial charge is 0.277 e. The molecule has 0 aliphatic rings. The predicted molar refractivity (Wildman–Crippen MR) is 93.8 cm³/mol. The highest BCUT2D eigenvalue weighted by Gasteiger charge is 2.06. The summed E-state index contributed by atoms with van der Waals surface area (Å²) in [5.41, 5.74) is 3.07. The molecule has 0 atom stereocenters. The summed E-state index contributed by atoms with van der Waals surface area (Å²) in [6.07, 6.45) is 1.47. The van der Waals surface area contributed by atoms with E-state index in [-0.39, 0.29) is 6.61 Å². The molecule has 0 unspecified atom stereocenters. The van der Waals surface area contributed by atoms with Crippen molar-refractivity contribution in [2.24, 2.45) is 5.10 Å². The van der Waals surface area contributed by atoms with Gasteiger partial charge < -0.3 is 18.9 Å². The van der Waals surface area contributed by atoms with E-state index in [0.29, 0.717) is 28.6 Å². The largest absolute Gasteiger partial charge is 0.497 e. The van der Waals surface area contributed by atoms with Crippen molar-refractivity contribution in [3.05, 3.63) is 48.0 Å². The number of para-hydroxylation sites is 2. The lowest BCUT2D eigenvalue weighted by Crippen LogP contribution is -2.24. The lowest BCUT2D eigenvalue weighted by molar-refractivity contribution is -0.123. The normalized spacial score (nSPS) is 10.4. The van der Waals surface area contributed by atoms with Crippen molar-refractivity contribution in [2.75, 3.05) is 27.9 Å². The molecule has 0 aliphatic heterocycles. The van der Waals surface area contributed by atoms with Crippen LogP contribution in [-0.4, -0.2) is 40.1 Å². The van der Waals surface area contributed by atoms with Gasteiger partial charge >= 0.3 is 0 Å². The number of benzene rings is 2. The Labute approximate surface area is 146 Å². The van der Waals surface area contributed by atoms with Crippen LogP contribution in [-0.2, 0) is 4.79 Å². The highest BCUT2D eigenvalue weighted by Crippen LogP contribution is 2.25. The van der Waals surface area contributed by atoms with E-state index in [9.17, 15) is 4.79 Å². The molecular weight excluding hydrogens is 324 g/mol. The lowest BCUT2D eigenvalue weighted by atomic mass is 10.2. The Balaban J connectivity index is 1.92. The third-order valence-electron chi connectivity index (χ3n) is 3.26. The number of hydrogen-bond acceptors (Lipinski definition) is 6. The van der Waals surface area contributed by atoms with Gasteiger partial charge in [0.25, 0.3) is 5.91 Å². The monoisotopic (exact) mass is 344 g/mol. The molecule has 0 spiro atoms. The topological polar surface area (TPSA) is 78.4 Å². The van der Waals surface area contributed by atoms with Crippen LogP contribution in [0.15, 0.2) is 47.6 Å². The minimum absolute atomic E-state index is 0.188. The van der Waals surface area contributed by atoms with Crippen molar-refractivity contribution in [1.82, 2.24) is 5.43 Å². The summed E-state index contributed by atoms with van der Waals surface area (Å²) >= 11 is 0. The number of nitrogens with one attached hydrogen (secondary N) is 1. The number of methoxy groups -OCH3 is 3. The molecule has 7 nitrogen and oxygen atoms in total. The van der Waals surface area contributed by atoms with Gasteiger partial charge in [-0.1, -0.05) is 12.1 Å². The summed E-state index contributed by atoms with van der Waals surface area (Å²) in [6, 6.07) is 12.4. The van der Waals surface area contributed by atoms with E-state index in [0.717, 1.165) is 0 Å². The lowest BCUT2D eigenvalue weighted by Gasteiger charge is -2.09. The number of hydrogen-bond donors (Lipinski definition) is 1. The van der Waals surface area contributed by atoms with Crippen LogP contribution in [0.2, 0.25) is 0 Å². The van der Waals surface area contributed by atoms with Gasteiger partial charge in [0.15, 0.2) is 18.1 Å². The van der Waals surface area contributed by atoms with E-state index in [1.807, 2.05) is 6.07 Å². The first-order valence-corrected chi connectivity index (χ1v) is 7.47. The van der Waals surface area contributed by atoms with Gasteiger partial charge in [0.05, 0.1) is 27.5 Å². The molecule has 2 aromatic carbocycles. The second-order valence-corrected chi connectivity index (χ2v) is 4.84. The van der Waals surface area contributed by atoms with Crippen LogP contribution in [0.1, 0.15) is 5.56 Å². The summed E-state index contributed by atoms with van der Waals surface area (Å²) in [4.78, 5) is 11.8. The van der Waals surface area contributed by atoms with Gasteiger partial charge in [-0.05, 0) is 30.3 Å². The van der Waals surface area contributed by atoms with E-state index < -0.39 is 5.91 Å². The van der Waals surface area contributed by atoms with Gasteiger partial charge in [0, 0.05) is 5.56 Å². The molecule has 0 fully saturated rings. The molecule has 2 aromatic rings. The van der Waals surface area contributed by atoms with Gasteiger partial charge in [-0.25, -0.2) is 5.43 Å². The Morgan fingerprint density at radius 1 is 1.00 bits per heavy atom. The van der Waals surface area contributed by atoms with Crippen LogP contribution in [0.3, 0.4) is 0 Å². The van der Waals surface area contributed by atoms with Crippen molar-refractivity contribution >= 4 is 12.1 Å². The SMILES string of the molecule is COc1ccc(OC)c(/C=N\NC(=O)COc2ccccc2OC)c1. The highest BCUT2D eigenvalue weighted by molar-refractivity contribution is 5.86. The fourth-order valence-corrected chi connectivity index (χ4v) is 2.03. The molecule has 132 valence electrons. The van der Waals surface area contributed by atoms with Crippen LogP contribution in [0.5, 0.6) is 23.0 Å². The maximum atomic E-state index is 11.8. The summed E-state index contributed by atoms with van der Waals surface area (Å²) in [6.45, 7) is -0.188. The van der Waals surface area contributed by atoms with Crippen LogP contribution in [0, 0.1) is 0 Å².